The highest BCUT2D eigenvalue weighted by Gasteiger charge is 2.34. The number of cyclic esters (lactones) is 1. The summed E-state index contributed by atoms with van der Waals surface area (Å²) in [5.74, 6) is -0.760. The maximum absolute atomic E-state index is 11.9. The van der Waals surface area contributed by atoms with Gasteiger partial charge in [-0.1, -0.05) is 18.3 Å². The van der Waals surface area contributed by atoms with Crippen LogP contribution in [0.4, 0.5) is 5.13 Å². The van der Waals surface area contributed by atoms with E-state index < -0.39 is 0 Å². The molecule has 98 valence electrons. The van der Waals surface area contributed by atoms with Crippen molar-refractivity contribution in [1.29, 1.82) is 0 Å². The van der Waals surface area contributed by atoms with E-state index in [2.05, 4.69) is 15.5 Å². The number of hydrogen-bond acceptors (Lipinski definition) is 6. The highest BCUT2D eigenvalue weighted by atomic mass is 32.1. The van der Waals surface area contributed by atoms with E-state index in [4.69, 9.17) is 4.74 Å². The number of rotatable bonds is 4. The Morgan fingerprint density at radius 2 is 2.50 bits per heavy atom. The summed E-state index contributed by atoms with van der Waals surface area (Å²) in [4.78, 5) is 23.3. The lowest BCUT2D eigenvalue weighted by molar-refractivity contribution is -0.144. The number of esters is 1. The SMILES string of the molecule is C[C@@H]1C[C@H](C[C@@H](C)C(=O)Nc2nncs2)C(=O)O1. The zero-order chi connectivity index (χ0) is 13.1. The zero-order valence-corrected chi connectivity index (χ0v) is 11.1. The molecule has 1 aromatic heterocycles. The van der Waals surface area contributed by atoms with Gasteiger partial charge in [-0.2, -0.15) is 0 Å². The molecule has 7 heteroatoms. The number of carbonyl (C=O) groups is 2. The molecule has 0 aliphatic carbocycles. The van der Waals surface area contributed by atoms with Gasteiger partial charge in [0.05, 0.1) is 12.0 Å². The Kier molecular flexibility index (Phi) is 3.90. The molecule has 0 unspecified atom stereocenters. The van der Waals surface area contributed by atoms with E-state index in [1.807, 2.05) is 6.92 Å². The lowest BCUT2D eigenvalue weighted by Crippen LogP contribution is -2.24. The van der Waals surface area contributed by atoms with Crippen molar-refractivity contribution in [2.24, 2.45) is 11.8 Å². The average molecular weight is 269 g/mol. The van der Waals surface area contributed by atoms with Gasteiger partial charge in [-0.3, -0.25) is 9.59 Å². The summed E-state index contributed by atoms with van der Waals surface area (Å²) >= 11 is 1.27. The second kappa shape index (κ2) is 5.43. The quantitative estimate of drug-likeness (QED) is 0.837. The maximum Gasteiger partial charge on any atom is 0.309 e. The Morgan fingerprint density at radius 3 is 3.06 bits per heavy atom. The number of amides is 1. The van der Waals surface area contributed by atoms with Gasteiger partial charge in [-0.25, -0.2) is 0 Å². The van der Waals surface area contributed by atoms with Gasteiger partial charge in [-0.05, 0) is 19.8 Å². The lowest BCUT2D eigenvalue weighted by Gasteiger charge is -2.12. The maximum atomic E-state index is 11.9. The number of nitrogens with zero attached hydrogens (tertiary/aromatic N) is 2. The van der Waals surface area contributed by atoms with Crippen molar-refractivity contribution in [1.82, 2.24) is 10.2 Å². The van der Waals surface area contributed by atoms with Crippen molar-refractivity contribution in [2.45, 2.75) is 32.8 Å². The molecule has 1 aliphatic heterocycles. The Hall–Kier alpha value is -1.50. The minimum absolute atomic E-state index is 0.0408. The van der Waals surface area contributed by atoms with Gasteiger partial charge in [0.15, 0.2) is 0 Å². The van der Waals surface area contributed by atoms with E-state index in [0.29, 0.717) is 18.0 Å². The van der Waals surface area contributed by atoms with Crippen LogP contribution in [0.2, 0.25) is 0 Å². The molecule has 1 amide bonds. The minimum atomic E-state index is -0.253. The fourth-order valence-electron chi connectivity index (χ4n) is 2.02. The molecule has 2 heterocycles. The number of nitrogens with one attached hydrogen (secondary N) is 1. The topological polar surface area (TPSA) is 81.2 Å². The number of ether oxygens (including phenoxy) is 1. The van der Waals surface area contributed by atoms with Gasteiger partial charge in [0.1, 0.15) is 5.51 Å². The smallest absolute Gasteiger partial charge is 0.309 e. The first kappa shape index (κ1) is 12.9. The molecular weight excluding hydrogens is 254 g/mol. The van der Waals surface area contributed by atoms with Crippen molar-refractivity contribution in [3.63, 3.8) is 0 Å². The molecule has 0 saturated carbocycles. The summed E-state index contributed by atoms with van der Waals surface area (Å²) < 4.78 is 5.07. The van der Waals surface area contributed by atoms with Crippen LogP contribution >= 0.6 is 11.3 Å². The Balaban J connectivity index is 1.86. The van der Waals surface area contributed by atoms with Crippen LogP contribution in [0.3, 0.4) is 0 Å². The second-order valence-corrected chi connectivity index (χ2v) is 5.38. The van der Waals surface area contributed by atoms with Crippen LogP contribution in [0, 0.1) is 11.8 Å². The summed E-state index contributed by atoms with van der Waals surface area (Å²) in [6.45, 7) is 3.66. The third kappa shape index (κ3) is 3.04. The number of carbonyl (C=O) groups excluding carboxylic acids is 2. The van der Waals surface area contributed by atoms with E-state index in [9.17, 15) is 9.59 Å². The third-order valence-corrected chi connectivity index (χ3v) is 3.55. The molecule has 0 radical (unpaired) electrons. The first-order valence-corrected chi connectivity index (χ1v) is 6.71. The van der Waals surface area contributed by atoms with Crippen molar-refractivity contribution in [3.05, 3.63) is 5.51 Å². The molecule has 0 spiro atoms. The van der Waals surface area contributed by atoms with Gasteiger partial charge >= 0.3 is 5.97 Å². The molecule has 2 rings (SSSR count). The van der Waals surface area contributed by atoms with Crippen molar-refractivity contribution in [2.75, 3.05) is 5.32 Å². The molecule has 0 bridgehead atoms. The van der Waals surface area contributed by atoms with Crippen molar-refractivity contribution < 1.29 is 14.3 Å². The van der Waals surface area contributed by atoms with Crippen molar-refractivity contribution >= 4 is 28.3 Å². The number of aromatic nitrogens is 2. The largest absolute Gasteiger partial charge is 0.462 e. The standard InChI is InChI=1S/C11H15N3O3S/c1-6(3-8-4-7(2)17-10(8)16)9(15)13-11-14-12-5-18-11/h5-8H,3-4H2,1-2H3,(H,13,14,15)/t6-,7-,8+/m1/s1. The van der Waals surface area contributed by atoms with Gasteiger partial charge < -0.3 is 10.1 Å². The summed E-state index contributed by atoms with van der Waals surface area (Å²) in [6.07, 6.45) is 1.16. The summed E-state index contributed by atoms with van der Waals surface area (Å²) in [5, 5.41) is 10.5. The third-order valence-electron chi connectivity index (χ3n) is 2.94. The predicted molar refractivity (Wildman–Crippen MR) is 66.0 cm³/mol. The van der Waals surface area contributed by atoms with Crippen molar-refractivity contribution in [3.8, 4) is 0 Å². The molecular formula is C11H15N3O3S. The lowest BCUT2D eigenvalue weighted by atomic mass is 9.93. The first-order valence-electron chi connectivity index (χ1n) is 5.83. The second-order valence-electron chi connectivity index (χ2n) is 4.55. The highest BCUT2D eigenvalue weighted by Crippen LogP contribution is 2.27. The van der Waals surface area contributed by atoms with Crippen LogP contribution in [0.5, 0.6) is 0 Å². The van der Waals surface area contributed by atoms with Crippen LogP contribution in [0.15, 0.2) is 5.51 Å². The van der Waals surface area contributed by atoms with E-state index in [1.165, 1.54) is 11.3 Å². The number of hydrogen-bond donors (Lipinski definition) is 1. The van der Waals surface area contributed by atoms with Gasteiger partial charge in [0.2, 0.25) is 11.0 Å². The summed E-state index contributed by atoms with van der Waals surface area (Å²) in [7, 11) is 0. The first-order chi connectivity index (χ1) is 8.56. The zero-order valence-electron chi connectivity index (χ0n) is 10.3. The fraction of sp³-hybridized carbons (Fsp3) is 0.636. The van der Waals surface area contributed by atoms with E-state index >= 15 is 0 Å². The van der Waals surface area contributed by atoms with E-state index in [-0.39, 0.29) is 29.8 Å². The Labute approximate surface area is 109 Å². The van der Waals surface area contributed by atoms with E-state index in [0.717, 1.165) is 0 Å². The van der Waals surface area contributed by atoms with Gasteiger partial charge in [-0.15, -0.1) is 10.2 Å². The molecule has 1 aliphatic rings. The molecule has 3 atom stereocenters. The molecule has 1 aromatic rings. The summed E-state index contributed by atoms with van der Waals surface area (Å²) in [5.41, 5.74) is 1.55. The van der Waals surface area contributed by atoms with Crippen LogP contribution in [-0.2, 0) is 14.3 Å². The molecule has 1 fully saturated rings. The predicted octanol–water partition coefficient (Wildman–Crippen LogP) is 1.45. The van der Waals surface area contributed by atoms with Gasteiger partial charge in [0.25, 0.3) is 0 Å². The van der Waals surface area contributed by atoms with Crippen LogP contribution < -0.4 is 5.32 Å². The Morgan fingerprint density at radius 1 is 1.72 bits per heavy atom. The molecule has 6 nitrogen and oxygen atoms in total. The molecule has 0 aromatic carbocycles. The van der Waals surface area contributed by atoms with Crippen LogP contribution in [-0.4, -0.2) is 28.2 Å². The Bertz CT molecular complexity index is 435. The van der Waals surface area contributed by atoms with Gasteiger partial charge in [0, 0.05) is 5.92 Å². The number of anilines is 1. The van der Waals surface area contributed by atoms with E-state index in [1.54, 1.807) is 12.4 Å². The van der Waals surface area contributed by atoms with Crippen LogP contribution in [0.1, 0.15) is 26.7 Å². The average Bonchev–Trinajstić information content (AvgIpc) is 2.89. The normalized spacial score (nSPS) is 24.7. The van der Waals surface area contributed by atoms with Crippen LogP contribution in [0.25, 0.3) is 0 Å². The monoisotopic (exact) mass is 269 g/mol. The fourth-order valence-corrected chi connectivity index (χ4v) is 2.47. The molecule has 1 N–H and O–H groups in total. The highest BCUT2D eigenvalue weighted by molar-refractivity contribution is 7.13. The molecule has 18 heavy (non-hydrogen) atoms. The summed E-state index contributed by atoms with van der Waals surface area (Å²) in [6, 6.07) is 0. The molecule has 1 saturated heterocycles. The minimum Gasteiger partial charge on any atom is -0.462 e.